The van der Waals surface area contributed by atoms with E-state index in [2.05, 4.69) is 38.2 Å². The Morgan fingerprint density at radius 3 is 1.47 bits per heavy atom. The summed E-state index contributed by atoms with van der Waals surface area (Å²) >= 11 is 0. The van der Waals surface area contributed by atoms with Gasteiger partial charge in [-0.05, 0) is 64.2 Å². The Morgan fingerprint density at radius 1 is 0.588 bits per heavy atom. The van der Waals surface area contributed by atoms with Crippen LogP contribution >= 0.6 is 7.82 Å². The van der Waals surface area contributed by atoms with Gasteiger partial charge in [0.25, 0.3) is 0 Å². The summed E-state index contributed by atoms with van der Waals surface area (Å²) in [4.78, 5) is 35.2. The zero-order valence-electron chi connectivity index (χ0n) is 33.6. The Balaban J connectivity index is 4.42. The van der Waals surface area contributed by atoms with Gasteiger partial charge in [0.05, 0.1) is 27.7 Å². The van der Waals surface area contributed by atoms with Gasteiger partial charge in [-0.2, -0.15) is 0 Å². The van der Waals surface area contributed by atoms with Crippen LogP contribution in [0.15, 0.2) is 24.3 Å². The second-order valence-corrected chi connectivity index (χ2v) is 16.5. The van der Waals surface area contributed by atoms with Crippen LogP contribution in [0.25, 0.3) is 0 Å². The molecule has 0 rings (SSSR count). The van der Waals surface area contributed by atoms with E-state index >= 15 is 0 Å². The molecule has 9 nitrogen and oxygen atoms in total. The SMILES string of the molecule is CCCCCC/C=C\CCCCCCCC(=O)O[C@H](COC(=O)CCCCCCC/C=C\CCCCCCC)COP(=O)(O)OCC[N+](C)(C)C. The molecule has 51 heavy (non-hydrogen) atoms. The molecule has 10 heteroatoms. The number of hydrogen-bond donors (Lipinski definition) is 1. The number of carbonyl (C=O) groups is 2. The Morgan fingerprint density at radius 2 is 1.00 bits per heavy atom. The van der Waals surface area contributed by atoms with Crippen molar-refractivity contribution in [2.24, 2.45) is 0 Å². The van der Waals surface area contributed by atoms with Gasteiger partial charge in [0.1, 0.15) is 19.8 Å². The maximum absolute atomic E-state index is 12.6. The summed E-state index contributed by atoms with van der Waals surface area (Å²) in [6, 6.07) is 0. The summed E-state index contributed by atoms with van der Waals surface area (Å²) in [5, 5.41) is 0. The standard InChI is InChI=1S/C41H78NO8P/c1-6-8-10-12-14-16-18-20-22-23-25-27-29-31-33-40(43)47-37-39(38-49-51(45,46)48-36-35-42(3,4)5)50-41(44)34-32-30-28-26-24-21-19-17-15-13-11-9-7-2/h17-20,39H,6-16,21-38H2,1-5H3/p+1/b19-17-,20-18-/t39-/m1/s1. The van der Waals surface area contributed by atoms with Crippen LogP contribution < -0.4 is 0 Å². The van der Waals surface area contributed by atoms with E-state index in [4.69, 9.17) is 18.5 Å². The average molecular weight is 745 g/mol. The van der Waals surface area contributed by atoms with Crippen molar-refractivity contribution >= 4 is 19.8 Å². The first kappa shape index (κ1) is 49.5. The fourth-order valence-corrected chi connectivity index (χ4v) is 6.16. The Kier molecular flexibility index (Phi) is 33.3. The monoisotopic (exact) mass is 745 g/mol. The number of ether oxygens (including phenoxy) is 2. The number of unbranched alkanes of at least 4 members (excludes halogenated alkanes) is 19. The van der Waals surface area contributed by atoms with Crippen molar-refractivity contribution in [1.29, 1.82) is 0 Å². The van der Waals surface area contributed by atoms with Crippen LogP contribution in [-0.2, 0) is 32.7 Å². The summed E-state index contributed by atoms with van der Waals surface area (Å²) in [5.74, 6) is -0.818. The molecule has 0 heterocycles. The third kappa shape index (κ3) is 38.0. The van der Waals surface area contributed by atoms with Gasteiger partial charge >= 0.3 is 19.8 Å². The molecule has 0 spiro atoms. The number of carbonyl (C=O) groups excluding carboxylic acids is 2. The van der Waals surface area contributed by atoms with Crippen LogP contribution in [0.2, 0.25) is 0 Å². The zero-order valence-corrected chi connectivity index (χ0v) is 34.5. The lowest BCUT2D eigenvalue weighted by Crippen LogP contribution is -2.37. The largest absolute Gasteiger partial charge is 0.472 e. The van der Waals surface area contributed by atoms with Crippen molar-refractivity contribution in [3.63, 3.8) is 0 Å². The number of esters is 2. The highest BCUT2D eigenvalue weighted by Gasteiger charge is 2.27. The highest BCUT2D eigenvalue weighted by molar-refractivity contribution is 7.47. The minimum Gasteiger partial charge on any atom is -0.462 e. The van der Waals surface area contributed by atoms with E-state index in [9.17, 15) is 19.0 Å². The lowest BCUT2D eigenvalue weighted by Gasteiger charge is -2.24. The quantitative estimate of drug-likeness (QED) is 0.0220. The van der Waals surface area contributed by atoms with Gasteiger partial charge in [0.15, 0.2) is 6.10 Å². The van der Waals surface area contributed by atoms with Crippen LogP contribution in [0.5, 0.6) is 0 Å². The average Bonchev–Trinajstić information content (AvgIpc) is 3.07. The summed E-state index contributed by atoms with van der Waals surface area (Å²) in [6.07, 6.45) is 35.0. The van der Waals surface area contributed by atoms with Gasteiger partial charge in [-0.1, -0.05) is 122 Å². The highest BCUT2D eigenvalue weighted by atomic mass is 31.2. The number of phosphoric acid groups is 1. The number of phosphoric ester groups is 1. The molecule has 0 aliphatic rings. The van der Waals surface area contributed by atoms with Gasteiger partial charge in [-0.15, -0.1) is 0 Å². The lowest BCUT2D eigenvalue weighted by molar-refractivity contribution is -0.870. The molecule has 0 amide bonds. The van der Waals surface area contributed by atoms with Gasteiger partial charge in [0.2, 0.25) is 0 Å². The number of allylic oxidation sites excluding steroid dienone is 4. The second kappa shape index (κ2) is 34.3. The zero-order chi connectivity index (χ0) is 37.9. The first-order valence-corrected chi connectivity index (χ1v) is 22.1. The smallest absolute Gasteiger partial charge is 0.462 e. The molecule has 1 N–H and O–H groups in total. The lowest BCUT2D eigenvalue weighted by atomic mass is 10.1. The Labute approximate surface area is 313 Å². The molecule has 0 aliphatic carbocycles. The molecule has 0 aromatic heterocycles. The molecule has 0 aromatic rings. The van der Waals surface area contributed by atoms with E-state index in [1.54, 1.807) is 0 Å². The molecule has 0 saturated heterocycles. The van der Waals surface area contributed by atoms with Gasteiger partial charge < -0.3 is 18.9 Å². The van der Waals surface area contributed by atoms with Crippen molar-refractivity contribution in [3.8, 4) is 0 Å². The van der Waals surface area contributed by atoms with E-state index in [1.807, 2.05) is 21.1 Å². The summed E-state index contributed by atoms with van der Waals surface area (Å²) < 4.78 is 34.2. The summed E-state index contributed by atoms with van der Waals surface area (Å²) in [7, 11) is 1.47. The van der Waals surface area contributed by atoms with Crippen LogP contribution in [0, 0.1) is 0 Å². The van der Waals surface area contributed by atoms with E-state index in [1.165, 1.54) is 70.6 Å². The maximum atomic E-state index is 12.6. The molecular weight excluding hydrogens is 665 g/mol. The van der Waals surface area contributed by atoms with Crippen molar-refractivity contribution < 1.29 is 42.1 Å². The van der Waals surface area contributed by atoms with Crippen LogP contribution in [0.3, 0.4) is 0 Å². The second-order valence-electron chi connectivity index (χ2n) is 15.0. The molecule has 2 atom stereocenters. The molecule has 300 valence electrons. The first-order chi connectivity index (χ1) is 24.5. The Bertz CT molecular complexity index is 933. The molecule has 0 aromatic carbocycles. The number of hydrogen-bond acceptors (Lipinski definition) is 7. The third-order valence-corrected chi connectivity index (χ3v) is 9.69. The number of quaternary nitrogens is 1. The predicted octanol–water partition coefficient (Wildman–Crippen LogP) is 11.2. The summed E-state index contributed by atoms with van der Waals surface area (Å²) in [5.41, 5.74) is 0. The topological polar surface area (TPSA) is 108 Å². The molecular formula is C41H79NO8P+. The van der Waals surface area contributed by atoms with Crippen molar-refractivity contribution in [2.75, 3.05) is 47.5 Å². The van der Waals surface area contributed by atoms with Crippen LogP contribution in [-0.4, -0.2) is 74.9 Å². The number of nitrogens with zero attached hydrogens (tertiary/aromatic N) is 1. The molecule has 1 unspecified atom stereocenters. The minimum atomic E-state index is -4.37. The molecule has 0 bridgehead atoms. The first-order valence-electron chi connectivity index (χ1n) is 20.6. The fraction of sp³-hybridized carbons (Fsp3) is 0.854. The van der Waals surface area contributed by atoms with Crippen LogP contribution in [0.1, 0.15) is 174 Å². The fourth-order valence-electron chi connectivity index (χ4n) is 5.41. The van der Waals surface area contributed by atoms with Crippen molar-refractivity contribution in [3.05, 3.63) is 24.3 Å². The van der Waals surface area contributed by atoms with Crippen molar-refractivity contribution in [1.82, 2.24) is 0 Å². The van der Waals surface area contributed by atoms with Gasteiger partial charge in [-0.3, -0.25) is 18.6 Å². The van der Waals surface area contributed by atoms with E-state index in [0.717, 1.165) is 70.6 Å². The Hall–Kier alpha value is -1.51. The van der Waals surface area contributed by atoms with E-state index in [0.29, 0.717) is 17.4 Å². The van der Waals surface area contributed by atoms with E-state index in [-0.39, 0.29) is 32.0 Å². The minimum absolute atomic E-state index is 0.0297. The maximum Gasteiger partial charge on any atom is 0.472 e. The molecule has 0 radical (unpaired) electrons. The molecule has 0 fully saturated rings. The van der Waals surface area contributed by atoms with E-state index < -0.39 is 26.5 Å². The number of rotatable bonds is 37. The molecule has 0 aliphatic heterocycles. The number of likely N-dealkylation sites (N-methyl/N-ethyl adjacent to an activating group) is 1. The van der Waals surface area contributed by atoms with Gasteiger partial charge in [0, 0.05) is 12.8 Å². The van der Waals surface area contributed by atoms with Gasteiger partial charge in [-0.25, -0.2) is 4.57 Å². The summed E-state index contributed by atoms with van der Waals surface area (Å²) in [6.45, 7) is 4.37. The predicted molar refractivity (Wildman–Crippen MR) is 211 cm³/mol. The normalized spacial score (nSPS) is 13.9. The van der Waals surface area contributed by atoms with Crippen molar-refractivity contribution in [2.45, 2.75) is 180 Å². The highest BCUT2D eigenvalue weighted by Crippen LogP contribution is 2.43. The third-order valence-electron chi connectivity index (χ3n) is 8.70. The molecule has 0 saturated carbocycles. The van der Waals surface area contributed by atoms with Crippen LogP contribution in [0.4, 0.5) is 0 Å².